The van der Waals surface area contributed by atoms with Crippen LogP contribution in [0.25, 0.3) is 0 Å². The molecule has 0 aliphatic heterocycles. The highest BCUT2D eigenvalue weighted by Crippen LogP contribution is 2.18. The number of hydrogen-bond donors (Lipinski definition) is 2. The fourth-order valence-corrected chi connectivity index (χ4v) is 2.48. The molecule has 2 aromatic carbocycles. The molecule has 0 heterocycles. The monoisotopic (exact) mass is 361 g/mol. The highest BCUT2D eigenvalue weighted by Gasteiger charge is 2.16. The number of nitrogens with zero attached hydrogens (tertiary/aromatic N) is 1. The highest BCUT2D eigenvalue weighted by molar-refractivity contribution is 5.96. The number of likely N-dealkylation sites (N-methyl/N-ethyl adjacent to an activating group) is 1. The van der Waals surface area contributed by atoms with Crippen LogP contribution in [-0.2, 0) is 4.79 Å². The summed E-state index contributed by atoms with van der Waals surface area (Å²) >= 11 is 0. The molecule has 0 spiro atoms. The van der Waals surface area contributed by atoms with Gasteiger partial charge in [-0.2, -0.15) is 0 Å². The zero-order valence-corrected chi connectivity index (χ0v) is 14.6. The zero-order valence-electron chi connectivity index (χ0n) is 14.6. The first kappa shape index (κ1) is 19.5. The summed E-state index contributed by atoms with van der Waals surface area (Å²) in [7, 11) is 3.65. The second-order valence-electron chi connectivity index (χ2n) is 6.03. The van der Waals surface area contributed by atoms with Crippen LogP contribution < -0.4 is 10.6 Å². The molecule has 0 saturated heterocycles. The molecule has 26 heavy (non-hydrogen) atoms. The van der Waals surface area contributed by atoms with E-state index in [1.165, 1.54) is 30.3 Å². The molecule has 2 N–H and O–H groups in total. The van der Waals surface area contributed by atoms with Gasteiger partial charge < -0.3 is 15.5 Å². The molecule has 0 aliphatic carbocycles. The third kappa shape index (κ3) is 5.63. The van der Waals surface area contributed by atoms with Gasteiger partial charge in [0.15, 0.2) is 0 Å². The molecule has 0 saturated carbocycles. The Labute approximate surface area is 151 Å². The second kappa shape index (κ2) is 9.05. The molecule has 2 rings (SSSR count). The molecular weight excluding hydrogens is 340 g/mol. The van der Waals surface area contributed by atoms with E-state index in [1.54, 1.807) is 12.1 Å². The fourth-order valence-electron chi connectivity index (χ4n) is 2.48. The normalized spacial score (nSPS) is 11.9. The van der Waals surface area contributed by atoms with Gasteiger partial charge in [0.25, 0.3) is 5.91 Å². The minimum Gasteiger partial charge on any atom is -0.353 e. The minimum absolute atomic E-state index is 0.142. The molecule has 0 aromatic heterocycles. The lowest BCUT2D eigenvalue weighted by molar-refractivity contribution is -0.120. The van der Waals surface area contributed by atoms with Crippen LogP contribution in [0.4, 0.5) is 8.78 Å². The van der Waals surface area contributed by atoms with E-state index in [1.807, 2.05) is 19.0 Å². The van der Waals surface area contributed by atoms with E-state index in [9.17, 15) is 18.4 Å². The average Bonchev–Trinajstić information content (AvgIpc) is 2.59. The molecule has 7 heteroatoms. The van der Waals surface area contributed by atoms with Gasteiger partial charge in [-0.15, -0.1) is 0 Å². The van der Waals surface area contributed by atoms with Gasteiger partial charge in [0.2, 0.25) is 5.91 Å². The van der Waals surface area contributed by atoms with Crippen molar-refractivity contribution < 1.29 is 18.4 Å². The Balaban J connectivity index is 1.87. The predicted molar refractivity (Wildman–Crippen MR) is 94.6 cm³/mol. The molecule has 2 amide bonds. The molecular formula is C19H21F2N3O2. The third-order valence-corrected chi connectivity index (χ3v) is 3.85. The van der Waals surface area contributed by atoms with Crippen LogP contribution in [0.3, 0.4) is 0 Å². The van der Waals surface area contributed by atoms with Gasteiger partial charge >= 0.3 is 0 Å². The number of benzene rings is 2. The van der Waals surface area contributed by atoms with Crippen LogP contribution in [0, 0.1) is 11.6 Å². The first-order chi connectivity index (χ1) is 12.4. The van der Waals surface area contributed by atoms with E-state index in [4.69, 9.17) is 0 Å². The molecule has 0 radical (unpaired) electrons. The highest BCUT2D eigenvalue weighted by atomic mass is 19.1. The van der Waals surface area contributed by atoms with Crippen molar-refractivity contribution in [3.8, 4) is 0 Å². The van der Waals surface area contributed by atoms with E-state index < -0.39 is 17.6 Å². The van der Waals surface area contributed by atoms with E-state index in [0.717, 1.165) is 11.6 Å². The van der Waals surface area contributed by atoms with E-state index in [2.05, 4.69) is 10.6 Å². The zero-order chi connectivity index (χ0) is 19.1. The molecule has 0 aliphatic rings. The first-order valence-electron chi connectivity index (χ1n) is 8.09. The van der Waals surface area contributed by atoms with Crippen LogP contribution >= 0.6 is 0 Å². The number of nitrogens with one attached hydrogen (secondary N) is 2. The van der Waals surface area contributed by atoms with Crippen LogP contribution in [-0.4, -0.2) is 43.9 Å². The van der Waals surface area contributed by atoms with Gasteiger partial charge in [0.05, 0.1) is 12.6 Å². The molecule has 138 valence electrons. The van der Waals surface area contributed by atoms with Crippen molar-refractivity contribution >= 4 is 11.8 Å². The Morgan fingerprint density at radius 3 is 2.27 bits per heavy atom. The third-order valence-electron chi connectivity index (χ3n) is 3.85. The molecule has 1 atom stereocenters. The Hall–Kier alpha value is -2.80. The van der Waals surface area contributed by atoms with Gasteiger partial charge in [-0.25, -0.2) is 8.78 Å². The summed E-state index contributed by atoms with van der Waals surface area (Å²) in [6, 6.07) is 11.2. The van der Waals surface area contributed by atoms with Gasteiger partial charge in [-0.05, 0) is 50.0 Å². The topological polar surface area (TPSA) is 61.4 Å². The van der Waals surface area contributed by atoms with Crippen molar-refractivity contribution in [2.75, 3.05) is 27.2 Å². The van der Waals surface area contributed by atoms with Crippen molar-refractivity contribution in [1.82, 2.24) is 15.5 Å². The Bertz CT molecular complexity index is 781. The van der Waals surface area contributed by atoms with Crippen LogP contribution in [0.2, 0.25) is 0 Å². The molecule has 1 unspecified atom stereocenters. The Morgan fingerprint density at radius 2 is 1.65 bits per heavy atom. The summed E-state index contributed by atoms with van der Waals surface area (Å²) in [6.07, 6.45) is 0. The first-order valence-corrected chi connectivity index (χ1v) is 8.09. The summed E-state index contributed by atoms with van der Waals surface area (Å²) in [5.41, 5.74) is 0.878. The lowest BCUT2D eigenvalue weighted by atomic mass is 10.1. The molecule has 0 fully saturated rings. The summed E-state index contributed by atoms with van der Waals surface area (Å²) in [6.45, 7) is 0.0176. The largest absolute Gasteiger partial charge is 0.353 e. The molecule has 2 aromatic rings. The van der Waals surface area contributed by atoms with Crippen LogP contribution in [0.15, 0.2) is 48.5 Å². The molecule has 0 bridgehead atoms. The van der Waals surface area contributed by atoms with Crippen molar-refractivity contribution in [3.63, 3.8) is 0 Å². The number of carbonyl (C=O) groups is 2. The van der Waals surface area contributed by atoms with Crippen LogP contribution in [0.1, 0.15) is 22.0 Å². The Kier molecular flexibility index (Phi) is 6.80. The number of halogens is 2. The number of carbonyl (C=O) groups excluding carboxylic acids is 2. The van der Waals surface area contributed by atoms with Crippen molar-refractivity contribution in [1.29, 1.82) is 0 Å². The molecule has 5 nitrogen and oxygen atoms in total. The second-order valence-corrected chi connectivity index (χ2v) is 6.03. The van der Waals surface area contributed by atoms with E-state index in [-0.39, 0.29) is 30.5 Å². The standard InChI is InChI=1S/C19H21F2N3O2/c1-24(2)17(13-5-3-7-15(20)9-13)11-22-18(25)12-23-19(26)14-6-4-8-16(21)10-14/h3-10,17H,11-12H2,1-2H3,(H,22,25)(H,23,26). The maximum absolute atomic E-state index is 13.4. The fraction of sp³-hybridized carbons (Fsp3) is 0.263. The smallest absolute Gasteiger partial charge is 0.251 e. The van der Waals surface area contributed by atoms with Crippen molar-refractivity contribution in [2.45, 2.75) is 6.04 Å². The number of amides is 2. The lowest BCUT2D eigenvalue weighted by Gasteiger charge is -2.25. The SMILES string of the molecule is CN(C)C(CNC(=O)CNC(=O)c1cccc(F)c1)c1cccc(F)c1. The summed E-state index contributed by atoms with van der Waals surface area (Å²) < 4.78 is 26.5. The average molecular weight is 361 g/mol. The maximum Gasteiger partial charge on any atom is 0.251 e. The summed E-state index contributed by atoms with van der Waals surface area (Å²) in [4.78, 5) is 25.7. The van der Waals surface area contributed by atoms with Gasteiger partial charge in [-0.1, -0.05) is 18.2 Å². The van der Waals surface area contributed by atoms with E-state index >= 15 is 0 Å². The number of hydrogen-bond acceptors (Lipinski definition) is 3. The van der Waals surface area contributed by atoms with Gasteiger partial charge in [0.1, 0.15) is 11.6 Å². The lowest BCUT2D eigenvalue weighted by Crippen LogP contribution is -2.40. The van der Waals surface area contributed by atoms with Gasteiger partial charge in [-0.3, -0.25) is 9.59 Å². The predicted octanol–water partition coefficient (Wildman–Crippen LogP) is 2.11. The van der Waals surface area contributed by atoms with E-state index in [0.29, 0.717) is 0 Å². The van der Waals surface area contributed by atoms with Crippen molar-refractivity contribution in [2.24, 2.45) is 0 Å². The van der Waals surface area contributed by atoms with Crippen molar-refractivity contribution in [3.05, 3.63) is 71.3 Å². The number of rotatable bonds is 7. The Morgan fingerprint density at radius 1 is 1.00 bits per heavy atom. The van der Waals surface area contributed by atoms with Gasteiger partial charge in [0, 0.05) is 12.1 Å². The summed E-state index contributed by atoms with van der Waals surface area (Å²) in [5, 5.41) is 5.14. The minimum atomic E-state index is -0.533. The van der Waals surface area contributed by atoms with Crippen LogP contribution in [0.5, 0.6) is 0 Å². The maximum atomic E-state index is 13.4. The summed E-state index contributed by atoms with van der Waals surface area (Å²) in [5.74, 6) is -1.79. The quantitative estimate of drug-likeness (QED) is 0.794.